The van der Waals surface area contributed by atoms with Crippen molar-refractivity contribution >= 4 is 11.6 Å². The minimum atomic E-state index is 0.480. The molecule has 2 unspecified atom stereocenters. The van der Waals surface area contributed by atoms with Gasteiger partial charge in [-0.25, -0.2) is 0 Å². The molecule has 2 heterocycles. The van der Waals surface area contributed by atoms with E-state index in [0.29, 0.717) is 12.0 Å². The summed E-state index contributed by atoms with van der Waals surface area (Å²) < 4.78 is 7.72. The fraction of sp³-hybridized carbons (Fsp3) is 0.800. The number of aromatic nitrogens is 2. The molecule has 20 heavy (non-hydrogen) atoms. The lowest BCUT2D eigenvalue weighted by Crippen LogP contribution is -2.43. The van der Waals surface area contributed by atoms with Gasteiger partial charge in [0.15, 0.2) is 0 Å². The summed E-state index contributed by atoms with van der Waals surface area (Å²) in [7, 11) is 0. The molecule has 0 spiro atoms. The molecule has 2 atom stereocenters. The van der Waals surface area contributed by atoms with E-state index in [1.54, 1.807) is 0 Å². The molecule has 1 N–H and O–H groups in total. The van der Waals surface area contributed by atoms with Crippen molar-refractivity contribution in [2.45, 2.75) is 52.6 Å². The second-order valence-electron chi connectivity index (χ2n) is 5.37. The van der Waals surface area contributed by atoms with Crippen LogP contribution in [0.1, 0.15) is 38.6 Å². The maximum Gasteiger partial charge on any atom is 0.0849 e. The fourth-order valence-electron chi connectivity index (χ4n) is 2.99. The van der Waals surface area contributed by atoms with Crippen molar-refractivity contribution in [1.29, 1.82) is 0 Å². The number of aryl methyl sites for hydroxylation is 2. The number of hydrogen-bond acceptors (Lipinski definition) is 3. The lowest BCUT2D eigenvalue weighted by Gasteiger charge is -2.32. The lowest BCUT2D eigenvalue weighted by molar-refractivity contribution is 0.0319. The normalized spacial score (nSPS) is 23.2. The summed E-state index contributed by atoms with van der Waals surface area (Å²) in [6.45, 7) is 9.91. The molecule has 5 heteroatoms. The molecule has 0 aromatic carbocycles. The molecule has 4 nitrogen and oxygen atoms in total. The van der Waals surface area contributed by atoms with E-state index in [1.165, 1.54) is 5.69 Å². The van der Waals surface area contributed by atoms with Crippen LogP contribution >= 0.6 is 11.6 Å². The van der Waals surface area contributed by atoms with E-state index in [0.717, 1.165) is 56.3 Å². The van der Waals surface area contributed by atoms with Crippen LogP contribution in [0.15, 0.2) is 0 Å². The molecule has 0 aliphatic carbocycles. The van der Waals surface area contributed by atoms with E-state index < -0.39 is 0 Å². The van der Waals surface area contributed by atoms with Crippen LogP contribution in [0, 0.1) is 5.92 Å². The zero-order valence-corrected chi connectivity index (χ0v) is 13.5. The Hall–Kier alpha value is -0.580. The van der Waals surface area contributed by atoms with Gasteiger partial charge in [-0.1, -0.05) is 25.4 Å². The highest BCUT2D eigenvalue weighted by atomic mass is 35.5. The predicted molar refractivity (Wildman–Crippen MR) is 82.4 cm³/mol. The first-order valence-electron chi connectivity index (χ1n) is 7.76. The van der Waals surface area contributed by atoms with Crippen LogP contribution in [0.3, 0.4) is 0 Å². The standard InChI is InChI=1S/C15H26ClN3O/c1-4-12-15(16)14(19(6-3)18-12)9-11-10-20-8-7-13(11)17-5-2/h11,13,17H,4-10H2,1-3H3. The van der Waals surface area contributed by atoms with Gasteiger partial charge >= 0.3 is 0 Å². The van der Waals surface area contributed by atoms with Crippen molar-refractivity contribution in [3.8, 4) is 0 Å². The number of nitrogens with zero attached hydrogens (tertiary/aromatic N) is 2. The summed E-state index contributed by atoms with van der Waals surface area (Å²) in [4.78, 5) is 0. The molecule has 0 amide bonds. The molecule has 0 saturated carbocycles. The van der Waals surface area contributed by atoms with Gasteiger partial charge in [0.25, 0.3) is 0 Å². The Balaban J connectivity index is 2.17. The Labute approximate surface area is 126 Å². The highest BCUT2D eigenvalue weighted by molar-refractivity contribution is 6.31. The zero-order valence-electron chi connectivity index (χ0n) is 12.8. The first-order chi connectivity index (χ1) is 9.71. The summed E-state index contributed by atoms with van der Waals surface area (Å²) >= 11 is 6.51. The van der Waals surface area contributed by atoms with Gasteiger partial charge in [0, 0.05) is 25.1 Å². The smallest absolute Gasteiger partial charge is 0.0849 e. The van der Waals surface area contributed by atoms with Gasteiger partial charge in [0.05, 0.1) is 23.0 Å². The molecule has 1 aliphatic heterocycles. The second kappa shape index (κ2) is 7.43. The van der Waals surface area contributed by atoms with Gasteiger partial charge in [0.1, 0.15) is 0 Å². The van der Waals surface area contributed by atoms with Crippen LogP contribution in [0.25, 0.3) is 0 Å². The summed E-state index contributed by atoms with van der Waals surface area (Å²) in [5.74, 6) is 0.480. The predicted octanol–water partition coefficient (Wildman–Crippen LogP) is 2.68. The SMILES string of the molecule is CCNC1CCOCC1Cc1c(Cl)c(CC)nn1CC. The summed E-state index contributed by atoms with van der Waals surface area (Å²) in [5.41, 5.74) is 2.18. The minimum Gasteiger partial charge on any atom is -0.381 e. The van der Waals surface area contributed by atoms with Crippen molar-refractivity contribution in [2.75, 3.05) is 19.8 Å². The Kier molecular flexibility index (Phi) is 5.87. The van der Waals surface area contributed by atoms with Gasteiger partial charge in [-0.3, -0.25) is 4.68 Å². The lowest BCUT2D eigenvalue weighted by atomic mass is 9.91. The van der Waals surface area contributed by atoms with E-state index in [4.69, 9.17) is 16.3 Å². The number of hydrogen-bond donors (Lipinski definition) is 1. The molecule has 0 bridgehead atoms. The van der Waals surface area contributed by atoms with E-state index >= 15 is 0 Å². The maximum absolute atomic E-state index is 6.51. The molecule has 114 valence electrons. The molecule has 0 radical (unpaired) electrons. The maximum atomic E-state index is 6.51. The monoisotopic (exact) mass is 299 g/mol. The third-order valence-corrected chi connectivity index (χ3v) is 4.53. The van der Waals surface area contributed by atoms with Gasteiger partial charge < -0.3 is 10.1 Å². The molecule has 1 fully saturated rings. The zero-order chi connectivity index (χ0) is 14.5. The van der Waals surface area contributed by atoms with Gasteiger partial charge in [-0.15, -0.1) is 0 Å². The first kappa shape index (κ1) is 15.8. The molecule has 1 aromatic rings. The van der Waals surface area contributed by atoms with E-state index in [9.17, 15) is 0 Å². The van der Waals surface area contributed by atoms with Crippen LogP contribution in [-0.4, -0.2) is 35.6 Å². The van der Waals surface area contributed by atoms with Crippen LogP contribution in [0.4, 0.5) is 0 Å². The topological polar surface area (TPSA) is 39.1 Å². The first-order valence-corrected chi connectivity index (χ1v) is 8.14. The van der Waals surface area contributed by atoms with Crippen molar-refractivity contribution in [1.82, 2.24) is 15.1 Å². The van der Waals surface area contributed by atoms with E-state index in [2.05, 4.69) is 35.9 Å². The van der Waals surface area contributed by atoms with Crippen molar-refractivity contribution in [3.05, 3.63) is 16.4 Å². The van der Waals surface area contributed by atoms with Gasteiger partial charge in [-0.05, 0) is 32.7 Å². The van der Waals surface area contributed by atoms with E-state index in [-0.39, 0.29) is 0 Å². The van der Waals surface area contributed by atoms with Crippen LogP contribution in [-0.2, 0) is 24.1 Å². The average molecular weight is 300 g/mol. The van der Waals surface area contributed by atoms with Crippen LogP contribution in [0.2, 0.25) is 5.02 Å². The molecular formula is C15H26ClN3O. The number of rotatable bonds is 6. The number of ether oxygens (including phenoxy) is 1. The second-order valence-corrected chi connectivity index (χ2v) is 5.75. The Bertz CT molecular complexity index is 431. The molecule has 1 aliphatic rings. The Morgan fingerprint density at radius 1 is 1.40 bits per heavy atom. The summed E-state index contributed by atoms with van der Waals surface area (Å²) in [6, 6.07) is 0.523. The van der Waals surface area contributed by atoms with Crippen LogP contribution < -0.4 is 5.32 Å². The fourth-order valence-corrected chi connectivity index (χ4v) is 3.34. The van der Waals surface area contributed by atoms with Gasteiger partial charge in [0.2, 0.25) is 0 Å². The molecule has 1 aromatic heterocycles. The molecular weight excluding hydrogens is 274 g/mol. The number of halogens is 1. The molecule has 1 saturated heterocycles. The Morgan fingerprint density at radius 3 is 2.85 bits per heavy atom. The van der Waals surface area contributed by atoms with Crippen molar-refractivity contribution in [2.24, 2.45) is 5.92 Å². The van der Waals surface area contributed by atoms with Crippen molar-refractivity contribution < 1.29 is 4.74 Å². The minimum absolute atomic E-state index is 0.480. The largest absolute Gasteiger partial charge is 0.381 e. The van der Waals surface area contributed by atoms with E-state index in [1.807, 2.05) is 0 Å². The van der Waals surface area contributed by atoms with Crippen LogP contribution in [0.5, 0.6) is 0 Å². The quantitative estimate of drug-likeness (QED) is 0.878. The Morgan fingerprint density at radius 2 is 2.20 bits per heavy atom. The average Bonchev–Trinajstić information content (AvgIpc) is 2.77. The highest BCUT2D eigenvalue weighted by Crippen LogP contribution is 2.27. The highest BCUT2D eigenvalue weighted by Gasteiger charge is 2.28. The summed E-state index contributed by atoms with van der Waals surface area (Å²) in [6.07, 6.45) is 2.91. The third kappa shape index (κ3) is 3.35. The number of nitrogens with one attached hydrogen (secondary N) is 1. The van der Waals surface area contributed by atoms with Gasteiger partial charge in [-0.2, -0.15) is 5.10 Å². The van der Waals surface area contributed by atoms with Crippen molar-refractivity contribution in [3.63, 3.8) is 0 Å². The summed E-state index contributed by atoms with van der Waals surface area (Å²) in [5, 5.41) is 9.04. The third-order valence-electron chi connectivity index (χ3n) is 4.09. The molecule has 2 rings (SSSR count).